The number of aryl methyl sites for hydroxylation is 1. The number of anilines is 1. The Kier molecular flexibility index (Phi) is 2.79. The molecule has 0 saturated heterocycles. The zero-order chi connectivity index (χ0) is 11.8. The van der Waals surface area contributed by atoms with E-state index in [0.717, 1.165) is 0 Å². The van der Waals surface area contributed by atoms with Crippen molar-refractivity contribution in [1.82, 2.24) is 0 Å². The van der Waals surface area contributed by atoms with Crippen LogP contribution in [0.1, 0.15) is 23.6 Å². The van der Waals surface area contributed by atoms with Crippen molar-refractivity contribution in [1.29, 1.82) is 0 Å². The lowest BCUT2D eigenvalue weighted by Gasteiger charge is -2.16. The minimum absolute atomic E-state index is 0.0694. The summed E-state index contributed by atoms with van der Waals surface area (Å²) < 4.78 is 38.2. The molecular weight excluding hydrogens is 203 g/mol. The zero-order valence-corrected chi connectivity index (χ0v) is 8.57. The van der Waals surface area contributed by atoms with Gasteiger partial charge in [-0.05, 0) is 37.1 Å². The lowest BCUT2D eigenvalue weighted by molar-refractivity contribution is -0.138. The van der Waals surface area contributed by atoms with E-state index in [4.69, 9.17) is 5.73 Å². The van der Waals surface area contributed by atoms with Crippen LogP contribution in [0.5, 0.6) is 0 Å². The van der Waals surface area contributed by atoms with E-state index < -0.39 is 11.7 Å². The summed E-state index contributed by atoms with van der Waals surface area (Å²) in [6.45, 7) is 6.45. The Morgan fingerprint density at radius 2 is 1.87 bits per heavy atom. The van der Waals surface area contributed by atoms with Crippen molar-refractivity contribution in [3.63, 3.8) is 0 Å². The fraction of sp³-hybridized carbons (Fsp3) is 0.273. The number of hydrogen-bond acceptors (Lipinski definition) is 1. The largest absolute Gasteiger partial charge is 0.417 e. The van der Waals surface area contributed by atoms with Crippen molar-refractivity contribution < 1.29 is 13.2 Å². The average Bonchev–Trinajstić information content (AvgIpc) is 1.99. The molecule has 0 aromatic heterocycles. The first-order chi connectivity index (χ1) is 6.73. The number of rotatable bonds is 1. The lowest BCUT2D eigenvalue weighted by Crippen LogP contribution is -2.11. The first kappa shape index (κ1) is 11.6. The molecule has 15 heavy (non-hydrogen) atoms. The summed E-state index contributed by atoms with van der Waals surface area (Å²) in [4.78, 5) is 0. The molecule has 0 heterocycles. The van der Waals surface area contributed by atoms with E-state index in [9.17, 15) is 13.2 Å². The highest BCUT2D eigenvalue weighted by Crippen LogP contribution is 2.37. The number of allylic oxidation sites excluding steroid dienone is 1. The maximum atomic E-state index is 12.7. The smallest absolute Gasteiger partial charge is 0.399 e. The normalized spacial score (nSPS) is 11.5. The second-order valence-corrected chi connectivity index (χ2v) is 3.54. The summed E-state index contributed by atoms with van der Waals surface area (Å²) in [6.07, 6.45) is -4.37. The molecule has 0 radical (unpaired) electrons. The molecular formula is C11H12F3N. The molecule has 0 spiro atoms. The molecule has 0 fully saturated rings. The van der Waals surface area contributed by atoms with Gasteiger partial charge in [-0.2, -0.15) is 13.2 Å². The van der Waals surface area contributed by atoms with Crippen LogP contribution in [-0.4, -0.2) is 0 Å². The standard InChI is InChI=1S/C11H12F3N/c1-6(2)9-5-8(15)4-7(3)10(9)11(12,13)14/h4-5H,1,15H2,2-3H3. The maximum absolute atomic E-state index is 12.7. The Morgan fingerprint density at radius 1 is 1.33 bits per heavy atom. The lowest BCUT2D eigenvalue weighted by atomic mass is 9.96. The highest BCUT2D eigenvalue weighted by molar-refractivity contribution is 5.70. The van der Waals surface area contributed by atoms with E-state index in [1.165, 1.54) is 26.0 Å². The number of nitrogen functional groups attached to an aromatic ring is 1. The van der Waals surface area contributed by atoms with E-state index >= 15 is 0 Å². The van der Waals surface area contributed by atoms with E-state index in [1.54, 1.807) is 0 Å². The second kappa shape index (κ2) is 3.61. The quantitative estimate of drug-likeness (QED) is 0.711. The predicted molar refractivity (Wildman–Crippen MR) is 55.3 cm³/mol. The van der Waals surface area contributed by atoms with Crippen molar-refractivity contribution in [2.45, 2.75) is 20.0 Å². The van der Waals surface area contributed by atoms with Crippen LogP contribution in [0.15, 0.2) is 18.7 Å². The molecule has 0 unspecified atom stereocenters. The van der Waals surface area contributed by atoms with E-state index in [1.807, 2.05) is 0 Å². The van der Waals surface area contributed by atoms with Crippen LogP contribution in [0.25, 0.3) is 5.57 Å². The molecule has 0 aliphatic rings. The van der Waals surface area contributed by atoms with Crippen molar-refractivity contribution in [3.05, 3.63) is 35.4 Å². The summed E-state index contributed by atoms with van der Waals surface area (Å²) in [5.74, 6) is 0. The van der Waals surface area contributed by atoms with Crippen molar-refractivity contribution in [3.8, 4) is 0 Å². The average molecular weight is 215 g/mol. The maximum Gasteiger partial charge on any atom is 0.417 e. The van der Waals surface area contributed by atoms with Crippen LogP contribution < -0.4 is 5.73 Å². The second-order valence-electron chi connectivity index (χ2n) is 3.54. The molecule has 0 aliphatic heterocycles. The third-order valence-electron chi connectivity index (χ3n) is 2.10. The summed E-state index contributed by atoms with van der Waals surface area (Å²) in [5.41, 5.74) is 5.72. The highest BCUT2D eigenvalue weighted by Gasteiger charge is 2.35. The Morgan fingerprint density at radius 3 is 2.27 bits per heavy atom. The van der Waals surface area contributed by atoms with Gasteiger partial charge in [-0.3, -0.25) is 0 Å². The van der Waals surface area contributed by atoms with Gasteiger partial charge in [0.05, 0.1) is 5.56 Å². The fourth-order valence-electron chi connectivity index (χ4n) is 1.53. The summed E-state index contributed by atoms with van der Waals surface area (Å²) in [5, 5.41) is 0. The Labute approximate surface area is 86.4 Å². The van der Waals surface area contributed by atoms with Gasteiger partial charge in [0.25, 0.3) is 0 Å². The van der Waals surface area contributed by atoms with Crippen LogP contribution in [0, 0.1) is 6.92 Å². The van der Waals surface area contributed by atoms with Gasteiger partial charge in [0.15, 0.2) is 0 Å². The van der Waals surface area contributed by atoms with Crippen LogP contribution >= 0.6 is 0 Å². The Balaban J connectivity index is 3.55. The molecule has 1 nitrogen and oxygen atoms in total. The van der Waals surface area contributed by atoms with Gasteiger partial charge < -0.3 is 5.73 Å². The van der Waals surface area contributed by atoms with Gasteiger partial charge in [-0.25, -0.2) is 0 Å². The first-order valence-corrected chi connectivity index (χ1v) is 4.36. The zero-order valence-electron chi connectivity index (χ0n) is 8.57. The van der Waals surface area contributed by atoms with Crippen LogP contribution in [0.4, 0.5) is 18.9 Å². The number of benzene rings is 1. The summed E-state index contributed by atoms with van der Waals surface area (Å²) in [6, 6.07) is 2.62. The minimum atomic E-state index is -4.37. The Hall–Kier alpha value is -1.45. The van der Waals surface area contributed by atoms with E-state index in [2.05, 4.69) is 6.58 Å². The number of hydrogen-bond donors (Lipinski definition) is 1. The number of alkyl halides is 3. The third kappa shape index (κ3) is 2.32. The van der Waals surface area contributed by atoms with Gasteiger partial charge in [0.2, 0.25) is 0 Å². The van der Waals surface area contributed by atoms with Crippen LogP contribution in [0.2, 0.25) is 0 Å². The molecule has 1 rings (SSSR count). The molecule has 4 heteroatoms. The Bertz CT molecular complexity index is 405. The summed E-state index contributed by atoms with van der Waals surface area (Å²) in [7, 11) is 0. The van der Waals surface area contributed by atoms with Gasteiger partial charge in [0.1, 0.15) is 0 Å². The van der Waals surface area contributed by atoms with Gasteiger partial charge in [-0.15, -0.1) is 0 Å². The van der Waals surface area contributed by atoms with Crippen LogP contribution in [-0.2, 0) is 6.18 Å². The molecule has 2 N–H and O–H groups in total. The van der Waals surface area contributed by atoms with Crippen LogP contribution in [0.3, 0.4) is 0 Å². The third-order valence-corrected chi connectivity index (χ3v) is 2.10. The monoisotopic (exact) mass is 215 g/mol. The SMILES string of the molecule is C=C(C)c1cc(N)cc(C)c1C(F)(F)F. The van der Waals surface area contributed by atoms with Gasteiger partial charge >= 0.3 is 6.18 Å². The topological polar surface area (TPSA) is 26.0 Å². The molecule has 0 saturated carbocycles. The van der Waals surface area contributed by atoms with Crippen molar-refractivity contribution in [2.24, 2.45) is 0 Å². The molecule has 0 aliphatic carbocycles. The highest BCUT2D eigenvalue weighted by atomic mass is 19.4. The first-order valence-electron chi connectivity index (χ1n) is 4.36. The molecule has 0 atom stereocenters. The molecule has 1 aromatic rings. The molecule has 0 amide bonds. The molecule has 1 aromatic carbocycles. The predicted octanol–water partition coefficient (Wildman–Crippen LogP) is 3.63. The minimum Gasteiger partial charge on any atom is -0.399 e. The van der Waals surface area contributed by atoms with E-state index in [0.29, 0.717) is 11.3 Å². The van der Waals surface area contributed by atoms with E-state index in [-0.39, 0.29) is 11.1 Å². The number of halogens is 3. The van der Waals surface area contributed by atoms with Crippen molar-refractivity contribution in [2.75, 3.05) is 5.73 Å². The summed E-state index contributed by atoms with van der Waals surface area (Å²) >= 11 is 0. The van der Waals surface area contributed by atoms with Gasteiger partial charge in [0, 0.05) is 5.69 Å². The van der Waals surface area contributed by atoms with Crippen molar-refractivity contribution >= 4 is 11.3 Å². The van der Waals surface area contributed by atoms with Gasteiger partial charge in [-0.1, -0.05) is 12.2 Å². The number of nitrogens with two attached hydrogens (primary N) is 1. The molecule has 0 bridgehead atoms. The molecule has 82 valence electrons. The fourth-order valence-corrected chi connectivity index (χ4v) is 1.53.